The van der Waals surface area contributed by atoms with Crippen LogP contribution in [0.15, 0.2) is 40.9 Å². The van der Waals surface area contributed by atoms with E-state index in [-0.39, 0.29) is 0 Å². The molecule has 2 aromatic carbocycles. The molecule has 0 radical (unpaired) electrons. The Bertz CT molecular complexity index is 679. The van der Waals surface area contributed by atoms with Crippen molar-refractivity contribution >= 4 is 44.7 Å². The van der Waals surface area contributed by atoms with Gasteiger partial charge in [-0.1, -0.05) is 39.7 Å². The molecule has 6 heteroatoms. The van der Waals surface area contributed by atoms with Gasteiger partial charge in [-0.05, 0) is 36.4 Å². The number of hydrogen-bond acceptors (Lipinski definition) is 3. The molecule has 0 aliphatic rings. The second-order valence-electron chi connectivity index (χ2n) is 4.25. The van der Waals surface area contributed by atoms with Gasteiger partial charge in [-0.3, -0.25) is 0 Å². The van der Waals surface area contributed by atoms with Gasteiger partial charge in [-0.2, -0.15) is 0 Å². The van der Waals surface area contributed by atoms with Crippen molar-refractivity contribution in [2.24, 2.45) is 5.73 Å². The minimum atomic E-state index is 0.303. The third-order valence-electron chi connectivity index (χ3n) is 2.84. The van der Waals surface area contributed by atoms with Crippen molar-refractivity contribution in [2.75, 3.05) is 7.11 Å². The molecule has 3 nitrogen and oxygen atoms in total. The first kappa shape index (κ1) is 16.1. The predicted octanol–water partition coefficient (Wildman–Crippen LogP) is 4.32. The van der Waals surface area contributed by atoms with E-state index in [0.717, 1.165) is 15.8 Å². The minimum Gasteiger partial charge on any atom is -0.496 e. The van der Waals surface area contributed by atoms with Gasteiger partial charge in [0.05, 0.1) is 12.1 Å². The zero-order valence-electron chi connectivity index (χ0n) is 11.2. The van der Waals surface area contributed by atoms with Crippen LogP contribution in [0.2, 0.25) is 5.02 Å². The highest BCUT2D eigenvalue weighted by Gasteiger charge is 2.08. The van der Waals surface area contributed by atoms with E-state index in [1.165, 1.54) is 0 Å². The standard InChI is InChI=1S/C15H13BrClNO2S/c1-19-13-5-3-11(16)6-10(13)8-20-14-4-2-9(15(18)21)7-12(14)17/h2-7H,8H2,1H3,(H2,18,21). The van der Waals surface area contributed by atoms with E-state index >= 15 is 0 Å². The summed E-state index contributed by atoms with van der Waals surface area (Å²) in [5.41, 5.74) is 7.19. The van der Waals surface area contributed by atoms with E-state index in [1.807, 2.05) is 18.2 Å². The van der Waals surface area contributed by atoms with Crippen molar-refractivity contribution in [3.8, 4) is 11.5 Å². The quantitative estimate of drug-likeness (QED) is 0.777. The fraction of sp³-hybridized carbons (Fsp3) is 0.133. The number of methoxy groups -OCH3 is 1. The first-order valence-corrected chi connectivity index (χ1v) is 7.63. The Morgan fingerprint density at radius 2 is 1.95 bits per heavy atom. The predicted molar refractivity (Wildman–Crippen MR) is 92.4 cm³/mol. The Kier molecular flexibility index (Phi) is 5.45. The number of halogens is 2. The number of benzene rings is 2. The molecular weight excluding hydrogens is 374 g/mol. The molecular formula is C15H13BrClNO2S. The van der Waals surface area contributed by atoms with Crippen LogP contribution < -0.4 is 15.2 Å². The maximum Gasteiger partial charge on any atom is 0.138 e. The van der Waals surface area contributed by atoms with Crippen molar-refractivity contribution in [3.63, 3.8) is 0 Å². The molecule has 2 aromatic rings. The Morgan fingerprint density at radius 3 is 2.57 bits per heavy atom. The van der Waals surface area contributed by atoms with Gasteiger partial charge < -0.3 is 15.2 Å². The fourth-order valence-corrected chi connectivity index (χ4v) is 2.56. The molecule has 0 bridgehead atoms. The molecule has 0 saturated heterocycles. The van der Waals surface area contributed by atoms with E-state index in [0.29, 0.717) is 27.9 Å². The second-order valence-corrected chi connectivity index (χ2v) is 6.02. The molecule has 0 atom stereocenters. The molecule has 0 aromatic heterocycles. The molecule has 0 aliphatic heterocycles. The highest BCUT2D eigenvalue weighted by molar-refractivity contribution is 9.10. The monoisotopic (exact) mass is 385 g/mol. The highest BCUT2D eigenvalue weighted by atomic mass is 79.9. The highest BCUT2D eigenvalue weighted by Crippen LogP contribution is 2.29. The second kappa shape index (κ2) is 7.11. The van der Waals surface area contributed by atoms with Crippen molar-refractivity contribution < 1.29 is 9.47 Å². The number of ether oxygens (including phenoxy) is 2. The van der Waals surface area contributed by atoms with Gasteiger partial charge in [0.2, 0.25) is 0 Å². The lowest BCUT2D eigenvalue weighted by molar-refractivity contribution is 0.297. The van der Waals surface area contributed by atoms with Crippen molar-refractivity contribution in [1.29, 1.82) is 0 Å². The summed E-state index contributed by atoms with van der Waals surface area (Å²) in [5.74, 6) is 1.33. The zero-order valence-corrected chi connectivity index (χ0v) is 14.4. The molecule has 0 unspecified atom stereocenters. The lowest BCUT2D eigenvalue weighted by atomic mass is 10.2. The average molecular weight is 387 g/mol. The molecule has 21 heavy (non-hydrogen) atoms. The zero-order chi connectivity index (χ0) is 15.4. The third kappa shape index (κ3) is 4.09. The Labute approximate surface area is 142 Å². The Morgan fingerprint density at radius 1 is 1.24 bits per heavy atom. The lowest BCUT2D eigenvalue weighted by Crippen LogP contribution is -2.09. The topological polar surface area (TPSA) is 44.5 Å². The van der Waals surface area contributed by atoms with Gasteiger partial charge in [-0.25, -0.2) is 0 Å². The van der Waals surface area contributed by atoms with Gasteiger partial charge in [0, 0.05) is 15.6 Å². The molecule has 0 heterocycles. The van der Waals surface area contributed by atoms with Crippen LogP contribution in [0.1, 0.15) is 11.1 Å². The van der Waals surface area contributed by atoms with Crippen molar-refractivity contribution in [3.05, 3.63) is 57.0 Å². The summed E-state index contributed by atoms with van der Waals surface area (Å²) in [6, 6.07) is 10.9. The Balaban J connectivity index is 2.17. The molecule has 0 saturated carbocycles. The lowest BCUT2D eigenvalue weighted by Gasteiger charge is -2.12. The SMILES string of the molecule is COc1ccc(Br)cc1COc1ccc(C(N)=S)cc1Cl. The van der Waals surface area contributed by atoms with Gasteiger partial charge in [0.15, 0.2) is 0 Å². The third-order valence-corrected chi connectivity index (χ3v) is 3.87. The van der Waals surface area contributed by atoms with E-state index in [4.69, 9.17) is 39.0 Å². The summed E-state index contributed by atoms with van der Waals surface area (Å²) in [7, 11) is 1.62. The maximum atomic E-state index is 6.16. The van der Waals surface area contributed by atoms with Crippen LogP contribution in [0, 0.1) is 0 Å². The van der Waals surface area contributed by atoms with E-state index in [1.54, 1.807) is 25.3 Å². The van der Waals surface area contributed by atoms with Gasteiger partial charge in [0.25, 0.3) is 0 Å². The number of rotatable bonds is 5. The molecule has 0 fully saturated rings. The van der Waals surface area contributed by atoms with Gasteiger partial charge in [-0.15, -0.1) is 0 Å². The number of thiocarbonyl (C=S) groups is 1. The maximum absolute atomic E-state index is 6.16. The molecule has 0 aliphatic carbocycles. The van der Waals surface area contributed by atoms with Crippen LogP contribution in [-0.2, 0) is 6.61 Å². The van der Waals surface area contributed by atoms with Crippen LogP contribution in [0.4, 0.5) is 0 Å². The Hall–Kier alpha value is -1.30. The van der Waals surface area contributed by atoms with Crippen LogP contribution in [0.5, 0.6) is 11.5 Å². The minimum absolute atomic E-state index is 0.303. The molecule has 0 spiro atoms. The van der Waals surface area contributed by atoms with E-state index in [2.05, 4.69) is 15.9 Å². The van der Waals surface area contributed by atoms with Crippen LogP contribution in [0.3, 0.4) is 0 Å². The summed E-state index contributed by atoms with van der Waals surface area (Å²) >= 11 is 14.5. The first-order valence-electron chi connectivity index (χ1n) is 6.06. The molecule has 2 N–H and O–H groups in total. The number of hydrogen-bond donors (Lipinski definition) is 1. The fourth-order valence-electron chi connectivity index (χ4n) is 1.79. The summed E-state index contributed by atoms with van der Waals surface area (Å²) in [6.45, 7) is 0.342. The van der Waals surface area contributed by atoms with Crippen LogP contribution in [-0.4, -0.2) is 12.1 Å². The van der Waals surface area contributed by atoms with E-state index in [9.17, 15) is 0 Å². The normalized spacial score (nSPS) is 10.2. The van der Waals surface area contributed by atoms with Gasteiger partial charge in [0.1, 0.15) is 23.1 Å². The van der Waals surface area contributed by atoms with Crippen molar-refractivity contribution in [2.45, 2.75) is 6.61 Å². The summed E-state index contributed by atoms with van der Waals surface area (Å²) < 4.78 is 12.0. The molecule has 110 valence electrons. The first-order chi connectivity index (χ1) is 10.0. The van der Waals surface area contributed by atoms with Crippen molar-refractivity contribution in [1.82, 2.24) is 0 Å². The average Bonchev–Trinajstić information content (AvgIpc) is 2.46. The van der Waals surface area contributed by atoms with E-state index < -0.39 is 0 Å². The molecule has 2 rings (SSSR count). The molecule has 0 amide bonds. The number of nitrogens with two attached hydrogens (primary N) is 1. The smallest absolute Gasteiger partial charge is 0.138 e. The summed E-state index contributed by atoms with van der Waals surface area (Å²) in [6.07, 6.45) is 0. The summed E-state index contributed by atoms with van der Waals surface area (Å²) in [5, 5.41) is 0.467. The summed E-state index contributed by atoms with van der Waals surface area (Å²) in [4.78, 5) is 0.303. The van der Waals surface area contributed by atoms with Crippen LogP contribution >= 0.6 is 39.7 Å². The van der Waals surface area contributed by atoms with Crippen LogP contribution in [0.25, 0.3) is 0 Å². The van der Waals surface area contributed by atoms with Gasteiger partial charge >= 0.3 is 0 Å². The largest absolute Gasteiger partial charge is 0.496 e.